The quantitative estimate of drug-likeness (QED) is 0.583. The molecule has 0 saturated carbocycles. The molecule has 0 aliphatic carbocycles. The Labute approximate surface area is 151 Å². The molecule has 0 unspecified atom stereocenters. The Morgan fingerprint density at radius 2 is 2.15 bits per heavy atom. The zero-order valence-electron chi connectivity index (χ0n) is 13.6. The maximum atomic E-state index is 13.3. The summed E-state index contributed by atoms with van der Waals surface area (Å²) >= 11 is 1.37. The number of nitrogens with zero attached hydrogens (tertiary/aromatic N) is 3. The second-order valence-electron chi connectivity index (χ2n) is 5.54. The van der Waals surface area contributed by atoms with E-state index in [-0.39, 0.29) is 5.56 Å². The molecule has 4 rings (SSSR count). The van der Waals surface area contributed by atoms with Crippen molar-refractivity contribution < 1.29 is 13.6 Å². The van der Waals surface area contributed by atoms with Crippen molar-refractivity contribution in [2.24, 2.45) is 0 Å². The maximum Gasteiger partial charge on any atom is 0.256 e. The van der Waals surface area contributed by atoms with Crippen LogP contribution in [-0.4, -0.2) is 20.7 Å². The summed E-state index contributed by atoms with van der Waals surface area (Å²) in [5.74, 6) is 0.220. The second kappa shape index (κ2) is 6.57. The number of nitrogens with one attached hydrogen (secondary N) is 1. The van der Waals surface area contributed by atoms with Gasteiger partial charge in [0.25, 0.3) is 5.91 Å². The summed E-state index contributed by atoms with van der Waals surface area (Å²) in [6.45, 7) is 1.81. The second-order valence-corrected chi connectivity index (χ2v) is 6.38. The van der Waals surface area contributed by atoms with Gasteiger partial charge in [0.2, 0.25) is 5.13 Å². The summed E-state index contributed by atoms with van der Waals surface area (Å²) in [5, 5.41) is 9.57. The number of rotatable bonds is 4. The topological polar surface area (TPSA) is 73.0 Å². The van der Waals surface area contributed by atoms with E-state index < -0.39 is 11.7 Å². The first kappa shape index (κ1) is 16.2. The third kappa shape index (κ3) is 3.14. The number of aromatic nitrogens is 3. The summed E-state index contributed by atoms with van der Waals surface area (Å²) in [7, 11) is 0. The van der Waals surface area contributed by atoms with E-state index >= 15 is 0 Å². The number of benzene rings is 1. The molecular weight excluding hydrogens is 355 g/mol. The maximum absolute atomic E-state index is 13.3. The van der Waals surface area contributed by atoms with Gasteiger partial charge < -0.3 is 9.73 Å². The zero-order chi connectivity index (χ0) is 18.1. The third-order valence-corrected chi connectivity index (χ3v) is 4.42. The average molecular weight is 368 g/mol. The Morgan fingerprint density at radius 1 is 1.27 bits per heavy atom. The van der Waals surface area contributed by atoms with Crippen LogP contribution in [0.3, 0.4) is 0 Å². The van der Waals surface area contributed by atoms with Crippen molar-refractivity contribution in [2.75, 3.05) is 5.32 Å². The first-order valence-electron chi connectivity index (χ1n) is 7.73. The van der Waals surface area contributed by atoms with Crippen molar-refractivity contribution in [3.63, 3.8) is 0 Å². The standard InChI is InChI=1S/C18H13FN4O2S/c1-11-8-16(21-17(24)12-4-2-5-13(19)9-12)23(22-11)18-20-14(10-26-18)15-6-3-7-25-15/h2-10H,1H3,(H,21,24). The minimum Gasteiger partial charge on any atom is -0.463 e. The number of thiazole rings is 1. The van der Waals surface area contributed by atoms with Crippen LogP contribution in [0.1, 0.15) is 16.1 Å². The Kier molecular flexibility index (Phi) is 4.10. The van der Waals surface area contributed by atoms with Gasteiger partial charge in [0.15, 0.2) is 5.76 Å². The van der Waals surface area contributed by atoms with E-state index in [4.69, 9.17) is 4.42 Å². The van der Waals surface area contributed by atoms with Gasteiger partial charge in [0.1, 0.15) is 17.3 Å². The lowest BCUT2D eigenvalue weighted by atomic mass is 10.2. The van der Waals surface area contributed by atoms with Gasteiger partial charge in [-0.3, -0.25) is 4.79 Å². The van der Waals surface area contributed by atoms with E-state index in [1.165, 1.54) is 29.5 Å². The average Bonchev–Trinajstić information content (AvgIpc) is 3.34. The minimum atomic E-state index is -0.467. The van der Waals surface area contributed by atoms with E-state index in [1.54, 1.807) is 29.1 Å². The van der Waals surface area contributed by atoms with Crippen LogP contribution in [0.15, 0.2) is 58.5 Å². The largest absolute Gasteiger partial charge is 0.463 e. The molecule has 0 atom stereocenters. The molecule has 6 nitrogen and oxygen atoms in total. The molecular formula is C18H13FN4O2S. The lowest BCUT2D eigenvalue weighted by Crippen LogP contribution is -2.15. The SMILES string of the molecule is Cc1cc(NC(=O)c2cccc(F)c2)n(-c2nc(-c3ccco3)cs2)n1. The highest BCUT2D eigenvalue weighted by molar-refractivity contribution is 7.12. The monoisotopic (exact) mass is 368 g/mol. The molecule has 3 aromatic heterocycles. The summed E-state index contributed by atoms with van der Waals surface area (Å²) in [4.78, 5) is 16.9. The van der Waals surface area contributed by atoms with E-state index in [2.05, 4.69) is 15.4 Å². The van der Waals surface area contributed by atoms with Crippen molar-refractivity contribution >= 4 is 23.1 Å². The van der Waals surface area contributed by atoms with Crippen LogP contribution < -0.4 is 5.32 Å². The Balaban J connectivity index is 1.64. The number of aryl methyl sites for hydroxylation is 1. The molecule has 1 N–H and O–H groups in total. The van der Waals surface area contributed by atoms with Crippen molar-refractivity contribution in [3.8, 4) is 16.6 Å². The van der Waals surface area contributed by atoms with Crippen LogP contribution in [0.5, 0.6) is 0 Å². The number of halogens is 1. The first-order valence-corrected chi connectivity index (χ1v) is 8.61. The smallest absolute Gasteiger partial charge is 0.256 e. The molecule has 8 heteroatoms. The third-order valence-electron chi connectivity index (χ3n) is 3.61. The number of furan rings is 1. The summed E-state index contributed by atoms with van der Waals surface area (Å²) < 4.78 is 20.2. The summed E-state index contributed by atoms with van der Waals surface area (Å²) in [6, 6.07) is 10.8. The highest BCUT2D eigenvalue weighted by Crippen LogP contribution is 2.26. The molecule has 0 saturated heterocycles. The van der Waals surface area contributed by atoms with Gasteiger partial charge >= 0.3 is 0 Å². The number of hydrogen-bond donors (Lipinski definition) is 1. The lowest BCUT2D eigenvalue weighted by Gasteiger charge is -2.06. The van der Waals surface area contributed by atoms with Gasteiger partial charge in [0.05, 0.1) is 12.0 Å². The van der Waals surface area contributed by atoms with Crippen LogP contribution in [-0.2, 0) is 0 Å². The van der Waals surface area contributed by atoms with Crippen molar-refractivity contribution in [1.82, 2.24) is 14.8 Å². The van der Waals surface area contributed by atoms with Gasteiger partial charge in [-0.25, -0.2) is 9.37 Å². The molecule has 4 aromatic rings. The van der Waals surface area contributed by atoms with Gasteiger partial charge in [-0.15, -0.1) is 11.3 Å². The molecule has 1 amide bonds. The molecule has 0 aliphatic heterocycles. The van der Waals surface area contributed by atoms with Gasteiger partial charge in [0, 0.05) is 17.0 Å². The summed E-state index contributed by atoms with van der Waals surface area (Å²) in [5.41, 5.74) is 1.63. The van der Waals surface area contributed by atoms with Crippen LogP contribution in [0.25, 0.3) is 16.6 Å². The number of amides is 1. The molecule has 0 spiro atoms. The fraction of sp³-hybridized carbons (Fsp3) is 0.0556. The van der Waals surface area contributed by atoms with Gasteiger partial charge in [-0.05, 0) is 37.3 Å². The Morgan fingerprint density at radius 3 is 2.92 bits per heavy atom. The van der Waals surface area contributed by atoms with Gasteiger partial charge in [-0.1, -0.05) is 6.07 Å². The predicted molar refractivity (Wildman–Crippen MR) is 96.0 cm³/mol. The normalized spacial score (nSPS) is 10.8. The first-order chi connectivity index (χ1) is 12.6. The number of anilines is 1. The molecule has 0 fully saturated rings. The Bertz CT molecular complexity index is 1070. The van der Waals surface area contributed by atoms with Crippen molar-refractivity contribution in [1.29, 1.82) is 0 Å². The molecule has 0 radical (unpaired) electrons. The molecule has 1 aromatic carbocycles. The molecule has 0 bridgehead atoms. The number of hydrogen-bond acceptors (Lipinski definition) is 5. The van der Waals surface area contributed by atoms with Crippen LogP contribution in [0.2, 0.25) is 0 Å². The van der Waals surface area contributed by atoms with E-state index in [9.17, 15) is 9.18 Å². The number of carbonyl (C=O) groups is 1. The predicted octanol–water partition coefficient (Wildman–Crippen LogP) is 4.29. The Hall–Kier alpha value is -3.26. The van der Waals surface area contributed by atoms with Crippen LogP contribution in [0, 0.1) is 12.7 Å². The lowest BCUT2D eigenvalue weighted by molar-refractivity contribution is 0.102. The molecule has 26 heavy (non-hydrogen) atoms. The van der Waals surface area contributed by atoms with E-state index in [0.29, 0.717) is 28.1 Å². The minimum absolute atomic E-state index is 0.228. The highest BCUT2D eigenvalue weighted by Gasteiger charge is 2.16. The van der Waals surface area contributed by atoms with E-state index in [1.807, 2.05) is 18.4 Å². The molecule has 0 aliphatic rings. The highest BCUT2D eigenvalue weighted by atomic mass is 32.1. The fourth-order valence-electron chi connectivity index (χ4n) is 2.45. The summed E-state index contributed by atoms with van der Waals surface area (Å²) in [6.07, 6.45) is 1.58. The fourth-order valence-corrected chi connectivity index (χ4v) is 3.23. The van der Waals surface area contributed by atoms with Crippen molar-refractivity contribution in [3.05, 3.63) is 71.2 Å². The van der Waals surface area contributed by atoms with Crippen molar-refractivity contribution in [2.45, 2.75) is 6.92 Å². The van der Waals surface area contributed by atoms with Crippen LogP contribution in [0.4, 0.5) is 10.2 Å². The molecule has 130 valence electrons. The van der Waals surface area contributed by atoms with Gasteiger partial charge in [-0.2, -0.15) is 9.78 Å². The zero-order valence-corrected chi connectivity index (χ0v) is 14.5. The van der Waals surface area contributed by atoms with Crippen LogP contribution >= 0.6 is 11.3 Å². The molecule has 3 heterocycles. The van der Waals surface area contributed by atoms with E-state index in [0.717, 1.165) is 0 Å². The number of carbonyl (C=O) groups excluding carboxylic acids is 1.